The number of nitrogens with zero attached hydrogens (tertiary/aromatic N) is 2. The zero-order chi connectivity index (χ0) is 25.4. The number of pyridine rings is 1. The highest BCUT2D eigenvalue weighted by Gasteiger charge is 2.28. The van der Waals surface area contributed by atoms with Crippen LogP contribution in [0.1, 0.15) is 25.3 Å². The minimum absolute atomic E-state index is 0.477. The molecular formula is C36H26N2. The SMILES string of the molecule is CC(C)c1ccc2ccc3c4ccnc5c4c(cc3c2c1)N(c1ccccc1)c1cc2ccccc2cc1-5. The standard InChI is InChI=1S/C36H26N2/c1-22(2)24-13-12-23-14-15-28-29-16-17-37-36-32-19-25-8-6-7-9-26(25)20-33(32)38(27-10-4-3-5-11-27)34(35(29)36)21-31(28)30(23)18-24/h3-22H,1-2H3. The lowest BCUT2D eigenvalue weighted by atomic mass is 9.88. The molecule has 6 aromatic carbocycles. The Hall–Kier alpha value is -4.69. The van der Waals surface area contributed by atoms with Crippen molar-refractivity contribution in [3.05, 3.63) is 121 Å². The number of anilines is 3. The quantitative estimate of drug-likeness (QED) is 0.226. The molecule has 0 radical (unpaired) electrons. The monoisotopic (exact) mass is 486 g/mol. The van der Waals surface area contributed by atoms with Crippen molar-refractivity contribution in [2.75, 3.05) is 4.90 Å². The first kappa shape index (κ1) is 21.4. The van der Waals surface area contributed by atoms with E-state index in [4.69, 9.17) is 4.98 Å². The predicted molar refractivity (Wildman–Crippen MR) is 162 cm³/mol. The van der Waals surface area contributed by atoms with Gasteiger partial charge in [0.1, 0.15) is 0 Å². The largest absolute Gasteiger partial charge is 0.309 e. The number of para-hydroxylation sites is 1. The molecule has 0 bridgehead atoms. The fraction of sp³-hybridized carbons (Fsp3) is 0.0833. The van der Waals surface area contributed by atoms with Crippen LogP contribution in [0.5, 0.6) is 0 Å². The summed E-state index contributed by atoms with van der Waals surface area (Å²) in [6.45, 7) is 4.53. The van der Waals surface area contributed by atoms with Gasteiger partial charge in [0.2, 0.25) is 0 Å². The molecule has 0 fully saturated rings. The highest BCUT2D eigenvalue weighted by molar-refractivity contribution is 6.26. The second kappa shape index (κ2) is 7.90. The molecule has 2 heterocycles. The molecule has 2 heteroatoms. The molecular weight excluding hydrogens is 460 g/mol. The van der Waals surface area contributed by atoms with Crippen LogP contribution < -0.4 is 4.90 Å². The van der Waals surface area contributed by atoms with Crippen molar-refractivity contribution in [2.45, 2.75) is 19.8 Å². The third kappa shape index (κ3) is 2.98. The van der Waals surface area contributed by atoms with E-state index in [2.05, 4.69) is 128 Å². The maximum atomic E-state index is 4.99. The van der Waals surface area contributed by atoms with Crippen LogP contribution in [0, 0.1) is 0 Å². The van der Waals surface area contributed by atoms with Crippen molar-refractivity contribution in [1.82, 2.24) is 4.98 Å². The van der Waals surface area contributed by atoms with Crippen LogP contribution in [-0.4, -0.2) is 4.98 Å². The second-order valence-corrected chi connectivity index (χ2v) is 10.7. The molecule has 8 rings (SSSR count). The highest BCUT2D eigenvalue weighted by atomic mass is 15.2. The van der Waals surface area contributed by atoms with Crippen LogP contribution in [0.2, 0.25) is 0 Å². The van der Waals surface area contributed by atoms with E-state index < -0.39 is 0 Å². The average molecular weight is 487 g/mol. The van der Waals surface area contributed by atoms with Crippen LogP contribution >= 0.6 is 0 Å². The molecule has 1 aromatic heterocycles. The molecule has 1 aliphatic rings. The summed E-state index contributed by atoms with van der Waals surface area (Å²) in [6.07, 6.45) is 1.98. The molecule has 0 spiro atoms. The molecule has 38 heavy (non-hydrogen) atoms. The van der Waals surface area contributed by atoms with E-state index in [0.29, 0.717) is 5.92 Å². The topological polar surface area (TPSA) is 16.1 Å². The first-order valence-electron chi connectivity index (χ1n) is 13.3. The van der Waals surface area contributed by atoms with E-state index in [0.717, 1.165) is 11.4 Å². The van der Waals surface area contributed by atoms with Gasteiger partial charge in [-0.25, -0.2) is 0 Å². The van der Waals surface area contributed by atoms with Crippen LogP contribution in [0.25, 0.3) is 54.3 Å². The van der Waals surface area contributed by atoms with Crippen molar-refractivity contribution in [1.29, 1.82) is 0 Å². The Labute approximate surface area is 221 Å². The van der Waals surface area contributed by atoms with Crippen LogP contribution in [0.3, 0.4) is 0 Å². The summed E-state index contributed by atoms with van der Waals surface area (Å²) in [5.74, 6) is 0.477. The van der Waals surface area contributed by atoms with Crippen molar-refractivity contribution in [3.8, 4) is 11.3 Å². The molecule has 2 nitrogen and oxygen atoms in total. The first-order valence-corrected chi connectivity index (χ1v) is 13.3. The van der Waals surface area contributed by atoms with Gasteiger partial charge in [-0.05, 0) is 85.6 Å². The Balaban J connectivity index is 1.57. The number of rotatable bonds is 2. The lowest BCUT2D eigenvalue weighted by Crippen LogP contribution is -2.15. The smallest absolute Gasteiger partial charge is 0.0822 e. The minimum atomic E-state index is 0.477. The molecule has 0 N–H and O–H groups in total. The van der Waals surface area contributed by atoms with Crippen molar-refractivity contribution < 1.29 is 0 Å². The van der Waals surface area contributed by atoms with Gasteiger partial charge in [0.25, 0.3) is 0 Å². The number of fused-ring (bicyclic) bond motifs is 7. The van der Waals surface area contributed by atoms with Gasteiger partial charge in [-0.1, -0.05) is 86.6 Å². The maximum Gasteiger partial charge on any atom is 0.0822 e. The zero-order valence-corrected chi connectivity index (χ0v) is 21.4. The predicted octanol–water partition coefficient (Wildman–Crippen LogP) is 10.3. The van der Waals surface area contributed by atoms with Crippen molar-refractivity contribution in [3.63, 3.8) is 0 Å². The number of hydrogen-bond donors (Lipinski definition) is 0. The van der Waals surface area contributed by atoms with Gasteiger partial charge in [0.15, 0.2) is 0 Å². The van der Waals surface area contributed by atoms with E-state index in [9.17, 15) is 0 Å². The molecule has 0 unspecified atom stereocenters. The Morgan fingerprint density at radius 3 is 2.16 bits per heavy atom. The zero-order valence-electron chi connectivity index (χ0n) is 21.4. The highest BCUT2D eigenvalue weighted by Crippen LogP contribution is 2.53. The molecule has 7 aromatic rings. The normalized spacial score (nSPS) is 12.7. The van der Waals surface area contributed by atoms with Gasteiger partial charge in [0, 0.05) is 22.8 Å². The van der Waals surface area contributed by atoms with Gasteiger partial charge in [-0.2, -0.15) is 0 Å². The number of benzene rings is 6. The van der Waals surface area contributed by atoms with Crippen LogP contribution in [-0.2, 0) is 0 Å². The lowest BCUT2D eigenvalue weighted by molar-refractivity contribution is 0.869. The van der Waals surface area contributed by atoms with E-state index in [1.165, 1.54) is 65.6 Å². The van der Waals surface area contributed by atoms with Gasteiger partial charge in [-0.3, -0.25) is 4.98 Å². The van der Waals surface area contributed by atoms with Gasteiger partial charge < -0.3 is 4.90 Å². The summed E-state index contributed by atoms with van der Waals surface area (Å²) < 4.78 is 0. The molecule has 180 valence electrons. The van der Waals surface area contributed by atoms with E-state index in [1.807, 2.05) is 6.20 Å². The van der Waals surface area contributed by atoms with Crippen molar-refractivity contribution >= 4 is 60.2 Å². The van der Waals surface area contributed by atoms with E-state index >= 15 is 0 Å². The summed E-state index contributed by atoms with van der Waals surface area (Å²) in [7, 11) is 0. The fourth-order valence-electron chi connectivity index (χ4n) is 6.23. The molecule has 0 saturated carbocycles. The van der Waals surface area contributed by atoms with Gasteiger partial charge >= 0.3 is 0 Å². The van der Waals surface area contributed by atoms with Crippen LogP contribution in [0.4, 0.5) is 17.1 Å². The fourth-order valence-corrected chi connectivity index (χ4v) is 6.23. The number of hydrogen-bond acceptors (Lipinski definition) is 2. The Morgan fingerprint density at radius 1 is 0.579 bits per heavy atom. The minimum Gasteiger partial charge on any atom is -0.309 e. The third-order valence-corrected chi connectivity index (χ3v) is 8.15. The van der Waals surface area contributed by atoms with E-state index in [-0.39, 0.29) is 0 Å². The Bertz CT molecular complexity index is 2050. The summed E-state index contributed by atoms with van der Waals surface area (Å²) in [5, 5.41) is 10.1. The van der Waals surface area contributed by atoms with Crippen molar-refractivity contribution in [2.24, 2.45) is 0 Å². The second-order valence-electron chi connectivity index (χ2n) is 10.7. The molecule has 1 aliphatic heterocycles. The molecule has 0 saturated heterocycles. The third-order valence-electron chi connectivity index (χ3n) is 8.15. The average Bonchev–Trinajstić information content (AvgIpc) is 2.96. The summed E-state index contributed by atoms with van der Waals surface area (Å²) in [4.78, 5) is 7.43. The van der Waals surface area contributed by atoms with Crippen LogP contribution in [0.15, 0.2) is 115 Å². The molecule has 0 amide bonds. The summed E-state index contributed by atoms with van der Waals surface area (Å²) in [5.41, 5.74) is 7.11. The maximum absolute atomic E-state index is 4.99. The van der Waals surface area contributed by atoms with Gasteiger partial charge in [-0.15, -0.1) is 0 Å². The molecule has 0 atom stereocenters. The van der Waals surface area contributed by atoms with E-state index in [1.54, 1.807) is 0 Å². The molecule has 0 aliphatic carbocycles. The lowest BCUT2D eigenvalue weighted by Gasteiger charge is -2.34. The summed E-state index contributed by atoms with van der Waals surface area (Å²) >= 11 is 0. The summed E-state index contributed by atoms with van der Waals surface area (Å²) in [6, 6.07) is 40.1. The number of aromatic nitrogens is 1. The van der Waals surface area contributed by atoms with Gasteiger partial charge in [0.05, 0.1) is 17.1 Å². The first-order chi connectivity index (χ1) is 18.7. The Kier molecular flexibility index (Phi) is 4.45. The Morgan fingerprint density at radius 2 is 1.34 bits per heavy atom.